The highest BCUT2D eigenvalue weighted by Crippen LogP contribution is 2.35. The molecule has 0 saturated heterocycles. The molecule has 0 aromatic heterocycles. The summed E-state index contributed by atoms with van der Waals surface area (Å²) in [6, 6.07) is 14.2. The Morgan fingerprint density at radius 2 is 1.87 bits per heavy atom. The lowest BCUT2D eigenvalue weighted by molar-refractivity contribution is -0.145. The van der Waals surface area contributed by atoms with E-state index in [9.17, 15) is 14.9 Å². The predicted octanol–water partition coefficient (Wildman–Crippen LogP) is 4.18. The van der Waals surface area contributed by atoms with Gasteiger partial charge in [-0.1, -0.05) is 18.2 Å². The molecule has 1 amide bonds. The molecule has 0 unspecified atom stereocenters. The zero-order valence-corrected chi connectivity index (χ0v) is 18.8. The van der Waals surface area contributed by atoms with E-state index in [0.717, 1.165) is 0 Å². The third-order valence-corrected chi connectivity index (χ3v) is 4.48. The van der Waals surface area contributed by atoms with Gasteiger partial charge in [0.05, 0.1) is 16.8 Å². The largest absolute Gasteiger partial charge is 0.490 e. The molecule has 0 aliphatic rings. The van der Waals surface area contributed by atoms with Crippen molar-refractivity contribution >= 4 is 46.2 Å². The number of ether oxygens (including phenoxy) is 3. The molecule has 0 aliphatic heterocycles. The van der Waals surface area contributed by atoms with Gasteiger partial charge in [0, 0.05) is 5.69 Å². The van der Waals surface area contributed by atoms with Crippen molar-refractivity contribution in [2.45, 2.75) is 13.8 Å². The Labute approximate surface area is 188 Å². The first-order valence-electron chi connectivity index (χ1n) is 9.21. The number of esters is 1. The summed E-state index contributed by atoms with van der Waals surface area (Å²) in [4.78, 5) is 24.0. The first-order chi connectivity index (χ1) is 14.5. The number of hydrogen-bond acceptors (Lipinski definition) is 6. The first-order valence-corrected chi connectivity index (χ1v) is 10.3. The van der Waals surface area contributed by atoms with Crippen LogP contribution in [0.5, 0.6) is 11.5 Å². The van der Waals surface area contributed by atoms with Crippen LogP contribution in [0.1, 0.15) is 19.4 Å². The molecule has 0 bridgehead atoms. The van der Waals surface area contributed by atoms with Gasteiger partial charge >= 0.3 is 5.97 Å². The van der Waals surface area contributed by atoms with Gasteiger partial charge in [-0.2, -0.15) is 5.26 Å². The Hall–Kier alpha value is -3.06. The molecule has 0 heterocycles. The van der Waals surface area contributed by atoms with E-state index in [4.69, 9.17) is 14.2 Å². The Balaban J connectivity index is 2.28. The fourth-order valence-corrected chi connectivity index (χ4v) is 3.22. The standard InChI is InChI=1S/C22H21IN2O5/c1-3-28-19-12-15(11-18(23)21(19)30-14-20(26)29-4-2)10-16(13-24)22(27)25-17-8-6-5-7-9-17/h5-12H,3-4,14H2,1-2H3,(H,25,27)/b16-10+. The monoisotopic (exact) mass is 520 g/mol. The Morgan fingerprint density at radius 1 is 1.13 bits per heavy atom. The lowest BCUT2D eigenvalue weighted by Crippen LogP contribution is -2.15. The minimum atomic E-state index is -0.515. The lowest BCUT2D eigenvalue weighted by Gasteiger charge is -2.14. The van der Waals surface area contributed by atoms with Gasteiger partial charge in [-0.3, -0.25) is 4.79 Å². The maximum atomic E-state index is 12.4. The Morgan fingerprint density at radius 3 is 2.50 bits per heavy atom. The third-order valence-electron chi connectivity index (χ3n) is 3.68. The highest BCUT2D eigenvalue weighted by Gasteiger charge is 2.16. The summed E-state index contributed by atoms with van der Waals surface area (Å²) in [5, 5.41) is 12.1. The van der Waals surface area contributed by atoms with Crippen molar-refractivity contribution in [3.05, 3.63) is 57.2 Å². The molecular formula is C22H21IN2O5. The topological polar surface area (TPSA) is 97.7 Å². The second-order valence-corrected chi connectivity index (χ2v) is 7.01. The lowest BCUT2D eigenvalue weighted by atomic mass is 10.1. The van der Waals surface area contributed by atoms with Crippen LogP contribution in [0.2, 0.25) is 0 Å². The van der Waals surface area contributed by atoms with E-state index >= 15 is 0 Å². The van der Waals surface area contributed by atoms with Crippen LogP contribution in [0.4, 0.5) is 5.69 Å². The molecule has 0 aliphatic carbocycles. The van der Waals surface area contributed by atoms with E-state index in [1.807, 2.05) is 41.7 Å². The molecule has 30 heavy (non-hydrogen) atoms. The molecule has 1 N–H and O–H groups in total. The summed E-state index contributed by atoms with van der Waals surface area (Å²) >= 11 is 2.04. The maximum Gasteiger partial charge on any atom is 0.344 e. The summed E-state index contributed by atoms with van der Waals surface area (Å²) in [5.41, 5.74) is 1.12. The SMILES string of the molecule is CCOC(=O)COc1c(I)cc(/C=C(\C#N)C(=O)Nc2ccccc2)cc1OCC. The second-order valence-electron chi connectivity index (χ2n) is 5.85. The quantitative estimate of drug-likeness (QED) is 0.231. The van der Waals surface area contributed by atoms with E-state index in [1.165, 1.54) is 6.08 Å². The van der Waals surface area contributed by atoms with E-state index in [0.29, 0.717) is 32.9 Å². The Kier molecular flexibility index (Phi) is 9.15. The third kappa shape index (κ3) is 6.77. The van der Waals surface area contributed by atoms with Crippen molar-refractivity contribution in [3.8, 4) is 17.6 Å². The zero-order chi connectivity index (χ0) is 21.9. The van der Waals surface area contributed by atoms with Gasteiger partial charge in [0.1, 0.15) is 11.6 Å². The fourth-order valence-electron chi connectivity index (χ4n) is 2.44. The molecule has 0 radical (unpaired) electrons. The molecule has 7 nitrogen and oxygen atoms in total. The maximum absolute atomic E-state index is 12.4. The number of nitriles is 1. The van der Waals surface area contributed by atoms with E-state index in [1.54, 1.807) is 43.3 Å². The normalized spacial score (nSPS) is 10.7. The van der Waals surface area contributed by atoms with E-state index < -0.39 is 11.9 Å². The smallest absolute Gasteiger partial charge is 0.344 e. The number of nitrogens with one attached hydrogen (secondary N) is 1. The molecule has 0 atom stereocenters. The number of hydrogen-bond donors (Lipinski definition) is 1. The fraction of sp³-hybridized carbons (Fsp3) is 0.227. The second kappa shape index (κ2) is 11.8. The van der Waals surface area contributed by atoms with Crippen LogP contribution in [0, 0.1) is 14.9 Å². The number of halogens is 1. The number of amides is 1. The summed E-state index contributed by atoms with van der Waals surface area (Å²) < 4.78 is 16.7. The van der Waals surface area contributed by atoms with Gasteiger partial charge in [0.25, 0.3) is 5.91 Å². The minimum absolute atomic E-state index is 0.0581. The first kappa shape index (κ1) is 23.2. The van der Waals surface area contributed by atoms with Crippen molar-refractivity contribution in [2.24, 2.45) is 0 Å². The van der Waals surface area contributed by atoms with Crippen LogP contribution < -0.4 is 14.8 Å². The predicted molar refractivity (Wildman–Crippen MR) is 121 cm³/mol. The number of para-hydroxylation sites is 1. The van der Waals surface area contributed by atoms with Gasteiger partial charge < -0.3 is 19.5 Å². The summed E-state index contributed by atoms with van der Waals surface area (Å²) in [5.74, 6) is -0.195. The number of nitrogens with zero attached hydrogens (tertiary/aromatic N) is 1. The number of carbonyl (C=O) groups is 2. The van der Waals surface area contributed by atoms with Crippen LogP contribution in [0.25, 0.3) is 6.08 Å². The summed E-state index contributed by atoms with van der Waals surface area (Å²) in [6.45, 7) is 3.93. The minimum Gasteiger partial charge on any atom is -0.490 e. The number of carbonyl (C=O) groups excluding carboxylic acids is 2. The molecule has 2 aromatic rings. The highest BCUT2D eigenvalue weighted by atomic mass is 127. The molecular weight excluding hydrogens is 499 g/mol. The average molecular weight is 520 g/mol. The van der Waals surface area contributed by atoms with Crippen LogP contribution in [-0.4, -0.2) is 31.7 Å². The summed E-state index contributed by atoms with van der Waals surface area (Å²) in [7, 11) is 0. The molecule has 8 heteroatoms. The number of anilines is 1. The van der Waals surface area contributed by atoms with Crippen LogP contribution in [0.3, 0.4) is 0 Å². The summed E-state index contributed by atoms with van der Waals surface area (Å²) in [6.07, 6.45) is 1.47. The van der Waals surface area contributed by atoms with Crippen molar-refractivity contribution in [1.82, 2.24) is 0 Å². The van der Waals surface area contributed by atoms with Gasteiger partial charge in [0.2, 0.25) is 0 Å². The van der Waals surface area contributed by atoms with Crippen molar-refractivity contribution in [2.75, 3.05) is 25.1 Å². The van der Waals surface area contributed by atoms with E-state index in [2.05, 4.69) is 5.32 Å². The van der Waals surface area contributed by atoms with Gasteiger partial charge in [-0.25, -0.2) is 4.79 Å². The van der Waals surface area contributed by atoms with E-state index in [-0.39, 0.29) is 18.8 Å². The van der Waals surface area contributed by atoms with Crippen molar-refractivity contribution < 1.29 is 23.8 Å². The Bertz CT molecular complexity index is 967. The molecule has 156 valence electrons. The van der Waals surface area contributed by atoms with Gasteiger partial charge in [0.15, 0.2) is 18.1 Å². The molecule has 2 aromatic carbocycles. The molecule has 0 fully saturated rings. The zero-order valence-electron chi connectivity index (χ0n) is 16.6. The van der Waals surface area contributed by atoms with Crippen LogP contribution >= 0.6 is 22.6 Å². The van der Waals surface area contributed by atoms with Gasteiger partial charge in [-0.15, -0.1) is 0 Å². The van der Waals surface area contributed by atoms with Crippen LogP contribution in [0.15, 0.2) is 48.0 Å². The molecule has 0 saturated carbocycles. The van der Waals surface area contributed by atoms with Crippen molar-refractivity contribution in [1.29, 1.82) is 5.26 Å². The number of benzene rings is 2. The van der Waals surface area contributed by atoms with Crippen molar-refractivity contribution in [3.63, 3.8) is 0 Å². The van der Waals surface area contributed by atoms with Gasteiger partial charge in [-0.05, 0) is 72.3 Å². The molecule has 0 spiro atoms. The average Bonchev–Trinajstić information content (AvgIpc) is 2.72. The molecule has 2 rings (SSSR count). The van der Waals surface area contributed by atoms with Crippen LogP contribution in [-0.2, 0) is 14.3 Å². The number of rotatable bonds is 9. The highest BCUT2D eigenvalue weighted by molar-refractivity contribution is 14.1.